The van der Waals surface area contributed by atoms with Gasteiger partial charge in [0.05, 0.1) is 8.30 Å². The predicted molar refractivity (Wildman–Crippen MR) is 108 cm³/mol. The molecule has 0 aliphatic rings. The van der Waals surface area contributed by atoms with Gasteiger partial charge in [-0.05, 0) is 48.5 Å². The SMILES string of the molecule is [2H]c1c(C([2H])([2H])C(C)C)c([2H])c(-c2ccc3oc4c(C#N)cccc4c3c2C)[n+](C)c1[2H]. The molecule has 0 amide bonds. The normalized spacial score (nSPS) is 14.6. The van der Waals surface area contributed by atoms with Crippen LogP contribution in [0.1, 0.15) is 37.4 Å². The van der Waals surface area contributed by atoms with Gasteiger partial charge >= 0.3 is 0 Å². The molecule has 0 fully saturated rings. The molecule has 0 aliphatic heterocycles. The molecule has 0 radical (unpaired) electrons. The number of nitriles is 1. The fourth-order valence-electron chi connectivity index (χ4n) is 3.44. The van der Waals surface area contributed by atoms with Crippen molar-refractivity contribution in [3.05, 3.63) is 65.3 Å². The third-order valence-corrected chi connectivity index (χ3v) is 4.66. The number of fused-ring (bicyclic) bond motifs is 3. The van der Waals surface area contributed by atoms with Crippen LogP contribution in [0.5, 0.6) is 0 Å². The van der Waals surface area contributed by atoms with Gasteiger partial charge in [0, 0.05) is 31.2 Å². The third kappa shape index (κ3) is 2.88. The summed E-state index contributed by atoms with van der Waals surface area (Å²) in [5.74, 6) is -0.471. The molecule has 2 heterocycles. The zero-order valence-electron chi connectivity index (χ0n) is 20.8. The van der Waals surface area contributed by atoms with E-state index in [0.29, 0.717) is 28.0 Å². The Kier molecular flexibility index (Phi) is 2.99. The highest BCUT2D eigenvalue weighted by molar-refractivity contribution is 6.09. The van der Waals surface area contributed by atoms with Crippen LogP contribution in [0.15, 0.2) is 53.0 Å². The Hall–Kier alpha value is -3.12. The number of hydrogen-bond acceptors (Lipinski definition) is 2. The summed E-state index contributed by atoms with van der Waals surface area (Å²) in [6, 6.07) is 10.7. The van der Waals surface area contributed by atoms with Crippen LogP contribution in [-0.2, 0) is 13.4 Å². The molecule has 0 saturated carbocycles. The van der Waals surface area contributed by atoms with Crippen LogP contribution < -0.4 is 4.57 Å². The first-order valence-corrected chi connectivity index (χ1v) is 8.87. The summed E-state index contributed by atoms with van der Waals surface area (Å²) in [7, 11) is 1.62. The highest BCUT2D eigenvalue weighted by Gasteiger charge is 2.19. The summed E-state index contributed by atoms with van der Waals surface area (Å²) in [6.45, 7) is 5.30. The number of pyridine rings is 1. The first-order chi connectivity index (χ1) is 15.0. The van der Waals surface area contributed by atoms with Gasteiger partial charge in [0.2, 0.25) is 5.69 Å². The average Bonchev–Trinajstić information content (AvgIpc) is 3.13. The van der Waals surface area contributed by atoms with E-state index >= 15 is 0 Å². The fourth-order valence-corrected chi connectivity index (χ4v) is 3.44. The van der Waals surface area contributed by atoms with Gasteiger partial charge in [-0.15, -0.1) is 0 Å². The minimum Gasteiger partial charge on any atom is -0.455 e. The van der Waals surface area contributed by atoms with Crippen LogP contribution in [0.4, 0.5) is 0 Å². The molecule has 4 rings (SSSR count). The van der Waals surface area contributed by atoms with Crippen molar-refractivity contribution in [3.63, 3.8) is 0 Å². The van der Waals surface area contributed by atoms with Gasteiger partial charge in [-0.25, -0.2) is 4.57 Å². The van der Waals surface area contributed by atoms with Crippen molar-refractivity contribution >= 4 is 21.9 Å². The van der Waals surface area contributed by atoms with E-state index in [0.717, 1.165) is 16.3 Å². The summed E-state index contributed by atoms with van der Waals surface area (Å²) in [4.78, 5) is 0. The van der Waals surface area contributed by atoms with Gasteiger partial charge in [0.15, 0.2) is 11.8 Å². The van der Waals surface area contributed by atoms with Crippen molar-refractivity contribution in [2.45, 2.75) is 27.1 Å². The van der Waals surface area contributed by atoms with Crippen molar-refractivity contribution in [1.29, 1.82) is 5.26 Å². The zero-order valence-corrected chi connectivity index (χ0v) is 15.8. The summed E-state index contributed by atoms with van der Waals surface area (Å²) >= 11 is 0. The second-order valence-electron chi connectivity index (χ2n) is 6.95. The lowest BCUT2D eigenvalue weighted by molar-refractivity contribution is -0.660. The molecule has 0 aliphatic carbocycles. The van der Waals surface area contributed by atoms with Crippen LogP contribution in [0, 0.1) is 24.2 Å². The van der Waals surface area contributed by atoms with Crippen LogP contribution in [-0.4, -0.2) is 0 Å². The molecule has 27 heavy (non-hydrogen) atoms. The molecule has 0 N–H and O–H groups in total. The van der Waals surface area contributed by atoms with E-state index in [1.165, 1.54) is 4.57 Å². The molecule has 0 unspecified atom stereocenters. The topological polar surface area (TPSA) is 40.8 Å². The minimum atomic E-state index is -1.94. The fraction of sp³-hybridized carbons (Fsp3) is 0.250. The van der Waals surface area contributed by atoms with Gasteiger partial charge in [0.25, 0.3) is 0 Å². The molecule has 0 spiro atoms. The van der Waals surface area contributed by atoms with Crippen LogP contribution in [0.3, 0.4) is 0 Å². The lowest BCUT2D eigenvalue weighted by Gasteiger charge is -2.09. The molecule has 3 nitrogen and oxygen atoms in total. The Balaban J connectivity index is 2.12. The summed E-state index contributed by atoms with van der Waals surface area (Å²) in [6.07, 6.45) is -2.09. The standard InChI is InChI=1S/C24H23N2O/c1-15(2)12-17-10-11-26(4)21(13-17)19-8-9-22-23(16(19)3)20-7-5-6-18(14-25)24(20)27-22/h5-11,13,15H,12H2,1-4H3/q+1/i10D,11D,12D2,13D. The first-order valence-electron chi connectivity index (χ1n) is 11.4. The molecule has 0 bridgehead atoms. The Morgan fingerprint density at radius 1 is 1.30 bits per heavy atom. The van der Waals surface area contributed by atoms with E-state index in [-0.39, 0.29) is 23.8 Å². The lowest BCUT2D eigenvalue weighted by atomic mass is 9.96. The monoisotopic (exact) mass is 360 g/mol. The highest BCUT2D eigenvalue weighted by Crippen LogP contribution is 2.36. The minimum absolute atomic E-state index is 0.0751. The van der Waals surface area contributed by atoms with Crippen molar-refractivity contribution in [1.82, 2.24) is 0 Å². The summed E-state index contributed by atoms with van der Waals surface area (Å²) < 4.78 is 50.2. The van der Waals surface area contributed by atoms with Crippen molar-refractivity contribution in [3.8, 4) is 17.3 Å². The number of furan rings is 1. The van der Waals surface area contributed by atoms with Crippen molar-refractivity contribution in [2.24, 2.45) is 13.0 Å². The number of para-hydroxylation sites is 1. The lowest BCUT2D eigenvalue weighted by Crippen LogP contribution is -2.30. The molecular formula is C24H23N2O+. The Bertz CT molecular complexity index is 1450. The van der Waals surface area contributed by atoms with E-state index in [1.807, 2.05) is 13.0 Å². The predicted octanol–water partition coefficient (Wildman–Crippen LogP) is 5.46. The van der Waals surface area contributed by atoms with E-state index in [2.05, 4.69) is 6.07 Å². The molecule has 2 aromatic heterocycles. The van der Waals surface area contributed by atoms with Gasteiger partial charge in [-0.2, -0.15) is 5.26 Å². The quantitative estimate of drug-likeness (QED) is 0.455. The van der Waals surface area contributed by atoms with E-state index in [1.54, 1.807) is 45.2 Å². The first kappa shape index (κ1) is 12.3. The van der Waals surface area contributed by atoms with Gasteiger partial charge in [-0.1, -0.05) is 26.0 Å². The van der Waals surface area contributed by atoms with Crippen LogP contribution in [0.2, 0.25) is 0 Å². The number of hydrogen-bond donors (Lipinski definition) is 0. The molecule has 2 aromatic carbocycles. The maximum Gasteiger partial charge on any atom is 0.212 e. The van der Waals surface area contributed by atoms with Crippen LogP contribution >= 0.6 is 0 Å². The zero-order chi connectivity index (χ0) is 23.5. The van der Waals surface area contributed by atoms with E-state index in [4.69, 9.17) is 11.3 Å². The Labute approximate surface area is 166 Å². The van der Waals surface area contributed by atoms with Gasteiger partial charge in [-0.3, -0.25) is 0 Å². The smallest absolute Gasteiger partial charge is 0.212 e. The van der Waals surface area contributed by atoms with E-state index < -0.39 is 12.3 Å². The molecule has 0 atom stereocenters. The van der Waals surface area contributed by atoms with Crippen LogP contribution in [0.25, 0.3) is 33.2 Å². The van der Waals surface area contributed by atoms with Crippen molar-refractivity contribution in [2.75, 3.05) is 0 Å². The number of nitrogens with zero attached hydrogens (tertiary/aromatic N) is 2. The van der Waals surface area contributed by atoms with E-state index in [9.17, 15) is 5.26 Å². The second-order valence-corrected chi connectivity index (χ2v) is 6.95. The average molecular weight is 360 g/mol. The third-order valence-electron chi connectivity index (χ3n) is 4.66. The highest BCUT2D eigenvalue weighted by atomic mass is 16.3. The number of aryl methyl sites for hydroxylation is 1. The Morgan fingerprint density at radius 2 is 2.11 bits per heavy atom. The number of aromatic nitrogens is 1. The maximum absolute atomic E-state index is 9.43. The summed E-state index contributed by atoms with van der Waals surface area (Å²) in [5, 5.41) is 11.0. The summed E-state index contributed by atoms with van der Waals surface area (Å²) in [5.41, 5.74) is 3.30. The molecule has 4 aromatic rings. The van der Waals surface area contributed by atoms with Gasteiger partial charge in [0.1, 0.15) is 20.1 Å². The molecule has 134 valence electrons. The second kappa shape index (κ2) is 6.55. The molecule has 3 heteroatoms. The molecular weight excluding hydrogens is 332 g/mol. The largest absolute Gasteiger partial charge is 0.455 e. The maximum atomic E-state index is 9.43. The number of benzene rings is 2. The van der Waals surface area contributed by atoms with Crippen molar-refractivity contribution < 1.29 is 15.8 Å². The number of rotatable bonds is 3. The Morgan fingerprint density at radius 3 is 2.85 bits per heavy atom. The molecule has 0 saturated heterocycles. The van der Waals surface area contributed by atoms with Gasteiger partial charge < -0.3 is 4.42 Å².